The average Bonchev–Trinajstić information content (AvgIpc) is 3.80. The second-order valence-electron chi connectivity index (χ2n) is 18.4. The number of furan rings is 1. The van der Waals surface area contributed by atoms with Crippen LogP contribution in [0.5, 0.6) is 0 Å². The van der Waals surface area contributed by atoms with Gasteiger partial charge in [-0.3, -0.25) is 14.4 Å². The molecular formula is C47H48F6O13. The van der Waals surface area contributed by atoms with Crippen LogP contribution in [0.3, 0.4) is 0 Å². The van der Waals surface area contributed by atoms with Crippen LogP contribution in [0.25, 0.3) is 0 Å². The molecule has 3 aromatic rings. The number of rotatable bonds is 11. The summed E-state index contributed by atoms with van der Waals surface area (Å²) in [5, 5.41) is 0. The number of Topliss-reactive ketones (excluding diaryl/α,β-unsaturated/α-hetero) is 2. The zero-order chi connectivity index (χ0) is 48.6. The molecule has 3 saturated carbocycles. The van der Waals surface area contributed by atoms with E-state index in [1.165, 1.54) is 75.8 Å². The van der Waals surface area contributed by atoms with Gasteiger partial charge in [-0.25, -0.2) is 14.4 Å². The molecule has 1 aromatic heterocycles. The highest BCUT2D eigenvalue weighted by molar-refractivity contribution is 6.11. The lowest BCUT2D eigenvalue weighted by Crippen LogP contribution is -2.77. The molecule has 66 heavy (non-hydrogen) atoms. The minimum atomic E-state index is -5.56. The normalized spacial score (nSPS) is 31.7. The molecule has 2 aromatic carbocycles. The molecule has 7 rings (SSSR count). The first kappa shape index (κ1) is 48.4. The molecule has 1 saturated heterocycles. The van der Waals surface area contributed by atoms with E-state index in [0.29, 0.717) is 19.8 Å². The Labute approximate surface area is 374 Å². The molecule has 4 fully saturated rings. The SMILES string of the molecule is COC(=O)C(OC(=O)C(OC)(c1ccccc1)C(F)(F)F)C1C(C)(C)C(=O)C2CC3(OC(=O)C(OC)(c4ccccc4)C(F)(F)F)C4CC(=O)OC(c5ccoc5)C4(C)CCC3C1(C)C2=O. The van der Waals surface area contributed by atoms with Crippen LogP contribution < -0.4 is 0 Å². The van der Waals surface area contributed by atoms with Crippen LogP contribution in [0, 0.1) is 39.9 Å². The average molecular weight is 935 g/mol. The highest BCUT2D eigenvalue weighted by Gasteiger charge is 2.79. The number of hydrogen-bond donors (Lipinski definition) is 0. The predicted molar refractivity (Wildman–Crippen MR) is 213 cm³/mol. The maximum Gasteiger partial charge on any atom is 0.432 e. The van der Waals surface area contributed by atoms with E-state index in [0.717, 1.165) is 31.4 Å². The molecule has 0 radical (unpaired) electrons. The number of ketones is 2. The lowest BCUT2D eigenvalue weighted by atomic mass is 9.36. The first-order valence-electron chi connectivity index (χ1n) is 21.0. The molecule has 1 aliphatic heterocycles. The topological polar surface area (TPSA) is 171 Å². The number of cyclic esters (lactones) is 1. The third-order valence-electron chi connectivity index (χ3n) is 15.1. The van der Waals surface area contributed by atoms with Crippen molar-refractivity contribution in [1.29, 1.82) is 0 Å². The van der Waals surface area contributed by atoms with E-state index in [9.17, 15) is 14.4 Å². The summed E-state index contributed by atoms with van der Waals surface area (Å²) in [5.41, 5.74) is -16.9. The molecule has 4 aliphatic rings. The van der Waals surface area contributed by atoms with Crippen molar-refractivity contribution in [3.05, 3.63) is 95.9 Å². The Morgan fingerprint density at radius 3 is 1.77 bits per heavy atom. The lowest BCUT2D eigenvalue weighted by molar-refractivity contribution is -0.306. The van der Waals surface area contributed by atoms with E-state index in [1.54, 1.807) is 6.92 Å². The van der Waals surface area contributed by atoms with Gasteiger partial charge in [-0.1, -0.05) is 88.4 Å². The number of alkyl halides is 6. The number of fused-ring (bicyclic) bond motifs is 6. The molecule has 11 atom stereocenters. The van der Waals surface area contributed by atoms with Crippen LogP contribution in [0.2, 0.25) is 0 Å². The molecule has 11 unspecified atom stereocenters. The fourth-order valence-corrected chi connectivity index (χ4v) is 12.2. The van der Waals surface area contributed by atoms with Crippen molar-refractivity contribution in [2.45, 2.75) is 94.7 Å². The highest BCUT2D eigenvalue weighted by Crippen LogP contribution is 2.72. The summed E-state index contributed by atoms with van der Waals surface area (Å²) in [5.74, 6) is -15.2. The molecule has 19 heteroatoms. The maximum absolute atomic E-state index is 15.7. The van der Waals surface area contributed by atoms with Crippen LogP contribution in [0.4, 0.5) is 26.3 Å². The summed E-state index contributed by atoms with van der Waals surface area (Å²) in [7, 11) is 2.05. The second kappa shape index (κ2) is 16.3. The van der Waals surface area contributed by atoms with Crippen LogP contribution >= 0.6 is 0 Å². The standard InChI is InChI=1S/C47H48F6O13/c1-40(2)33(32(37(57)60-5)65-38(58)44(61-6,46(48,49)50)26-14-10-8-11-15-26)42(4)29-18-20-41(3)30(22-31(54)64-36(41)25-19-21-63-24-25)43(29,23-28(34(40)55)35(42)56)66-39(59)45(62-7,47(51,52)53)27-16-12-9-13-17-27/h8-17,19,21,24,28-30,32-33,36H,18,20,22-23H2,1-7H3. The zero-order valence-electron chi connectivity index (χ0n) is 36.9. The van der Waals surface area contributed by atoms with E-state index in [2.05, 4.69) is 0 Å². The minimum Gasteiger partial charge on any atom is -0.472 e. The fraction of sp³-hybridized carbons (Fsp3) is 0.532. The van der Waals surface area contributed by atoms with Crippen LogP contribution in [-0.2, 0) is 68.4 Å². The first-order chi connectivity index (χ1) is 30.8. The van der Waals surface area contributed by atoms with Gasteiger partial charge in [0.05, 0.1) is 32.0 Å². The van der Waals surface area contributed by atoms with Gasteiger partial charge in [0.25, 0.3) is 11.2 Å². The molecule has 0 amide bonds. The van der Waals surface area contributed by atoms with Gasteiger partial charge in [-0.15, -0.1) is 0 Å². The summed E-state index contributed by atoms with van der Waals surface area (Å²) < 4.78 is 131. The van der Waals surface area contributed by atoms with Crippen LogP contribution in [0.1, 0.15) is 76.2 Å². The van der Waals surface area contributed by atoms with Crippen molar-refractivity contribution in [3.8, 4) is 0 Å². The van der Waals surface area contributed by atoms with Crippen molar-refractivity contribution < 1.29 is 87.9 Å². The Morgan fingerprint density at radius 1 is 0.742 bits per heavy atom. The highest BCUT2D eigenvalue weighted by atomic mass is 19.4. The molecule has 2 heterocycles. The van der Waals surface area contributed by atoms with E-state index in [4.69, 9.17) is 32.8 Å². The van der Waals surface area contributed by atoms with Crippen LogP contribution in [-0.4, -0.2) is 80.8 Å². The summed E-state index contributed by atoms with van der Waals surface area (Å²) in [6, 6.07) is 12.9. The zero-order valence-corrected chi connectivity index (χ0v) is 36.9. The molecule has 3 aliphatic carbocycles. The van der Waals surface area contributed by atoms with Crippen molar-refractivity contribution >= 4 is 35.4 Å². The van der Waals surface area contributed by atoms with Crippen molar-refractivity contribution in [2.24, 2.45) is 39.9 Å². The van der Waals surface area contributed by atoms with Gasteiger partial charge in [0.15, 0.2) is 0 Å². The maximum atomic E-state index is 15.7. The number of hydrogen-bond acceptors (Lipinski definition) is 13. The molecule has 13 nitrogen and oxygen atoms in total. The Hall–Kier alpha value is -5.56. The number of carbonyl (C=O) groups is 6. The number of esters is 4. The first-order valence-corrected chi connectivity index (χ1v) is 21.0. The van der Waals surface area contributed by atoms with Crippen molar-refractivity contribution in [2.75, 3.05) is 21.3 Å². The van der Waals surface area contributed by atoms with E-state index in [1.807, 2.05) is 0 Å². The Balaban J connectivity index is 1.48. The van der Waals surface area contributed by atoms with Crippen molar-refractivity contribution in [1.82, 2.24) is 0 Å². The second-order valence-corrected chi connectivity index (χ2v) is 18.4. The monoisotopic (exact) mass is 934 g/mol. The number of carbonyl (C=O) groups excluding carboxylic acids is 6. The smallest absolute Gasteiger partial charge is 0.432 e. The Kier molecular flexibility index (Phi) is 12.0. The Morgan fingerprint density at radius 2 is 1.29 bits per heavy atom. The van der Waals surface area contributed by atoms with Gasteiger partial charge in [0, 0.05) is 71.3 Å². The minimum absolute atomic E-state index is 0.00961. The third kappa shape index (κ3) is 6.72. The van der Waals surface area contributed by atoms with Gasteiger partial charge < -0.3 is 32.8 Å². The molecule has 2 bridgehead atoms. The van der Waals surface area contributed by atoms with Crippen molar-refractivity contribution in [3.63, 3.8) is 0 Å². The van der Waals surface area contributed by atoms with Crippen LogP contribution in [0.15, 0.2) is 83.7 Å². The quantitative estimate of drug-likeness (QED) is 0.0794. The number of benzene rings is 2. The van der Waals surface area contributed by atoms with Gasteiger partial charge in [0.1, 0.15) is 23.3 Å². The summed E-state index contributed by atoms with van der Waals surface area (Å²) in [6.45, 7) is 5.49. The number of ether oxygens (including phenoxy) is 6. The molecule has 0 spiro atoms. The van der Waals surface area contributed by atoms with Gasteiger partial charge in [0.2, 0.25) is 6.10 Å². The van der Waals surface area contributed by atoms with E-state index >= 15 is 40.7 Å². The number of methoxy groups -OCH3 is 3. The number of halogens is 6. The van der Waals surface area contributed by atoms with Gasteiger partial charge in [-0.2, -0.15) is 26.3 Å². The van der Waals surface area contributed by atoms with E-state index in [-0.39, 0.29) is 12.8 Å². The molecular weight excluding hydrogens is 886 g/mol. The summed E-state index contributed by atoms with van der Waals surface area (Å²) in [4.78, 5) is 87.7. The summed E-state index contributed by atoms with van der Waals surface area (Å²) in [6.07, 6.45) is -13.9. The summed E-state index contributed by atoms with van der Waals surface area (Å²) >= 11 is 0. The molecule has 0 N–H and O–H groups in total. The third-order valence-corrected chi connectivity index (χ3v) is 15.1. The van der Waals surface area contributed by atoms with E-state index < -0.39 is 141 Å². The molecule has 356 valence electrons. The fourth-order valence-electron chi connectivity index (χ4n) is 12.2. The van der Waals surface area contributed by atoms with Gasteiger partial charge in [-0.05, 0) is 18.9 Å². The largest absolute Gasteiger partial charge is 0.472 e. The lowest BCUT2D eigenvalue weighted by Gasteiger charge is -2.69. The predicted octanol–water partition coefficient (Wildman–Crippen LogP) is 7.70. The van der Waals surface area contributed by atoms with Gasteiger partial charge >= 0.3 is 36.2 Å². The Bertz CT molecular complexity index is 2390.